The van der Waals surface area contributed by atoms with E-state index >= 15 is 0 Å². The molecule has 0 bridgehead atoms. The fraction of sp³-hybridized carbons (Fsp3) is 0.200. The second-order valence-corrected chi connectivity index (χ2v) is 7.58. The predicted octanol–water partition coefficient (Wildman–Crippen LogP) is 3.32. The summed E-state index contributed by atoms with van der Waals surface area (Å²) < 4.78 is 30.9. The highest BCUT2D eigenvalue weighted by Gasteiger charge is 2.19. The normalized spacial score (nSPS) is 11.4. The van der Waals surface area contributed by atoms with Crippen molar-refractivity contribution in [2.24, 2.45) is 0 Å². The Kier molecular flexibility index (Phi) is 4.58. The zero-order valence-electron chi connectivity index (χ0n) is 11.8. The Balaban J connectivity index is 2.37. The van der Waals surface area contributed by atoms with Crippen molar-refractivity contribution in [1.29, 1.82) is 0 Å². The number of methoxy groups -OCH3 is 1. The van der Waals surface area contributed by atoms with E-state index in [4.69, 9.17) is 10.5 Å². The van der Waals surface area contributed by atoms with Crippen LogP contribution in [0.2, 0.25) is 0 Å². The summed E-state index contributed by atoms with van der Waals surface area (Å²) >= 11 is 3.35. The lowest BCUT2D eigenvalue weighted by molar-refractivity contribution is 0.412. The zero-order valence-corrected chi connectivity index (χ0v) is 14.2. The molecule has 0 amide bonds. The monoisotopic (exact) mass is 369 g/mol. The number of aryl methyl sites for hydroxylation is 1. The minimum atomic E-state index is -3.49. The van der Waals surface area contributed by atoms with Gasteiger partial charge in [0.25, 0.3) is 0 Å². The van der Waals surface area contributed by atoms with Crippen LogP contribution in [-0.2, 0) is 15.6 Å². The van der Waals surface area contributed by atoms with E-state index < -0.39 is 9.84 Å². The summed E-state index contributed by atoms with van der Waals surface area (Å²) in [4.78, 5) is 0.175. The summed E-state index contributed by atoms with van der Waals surface area (Å²) in [5.41, 5.74) is 7.60. The molecule has 2 rings (SSSR count). The molecule has 0 fully saturated rings. The Morgan fingerprint density at radius 2 is 1.90 bits per heavy atom. The van der Waals surface area contributed by atoms with Gasteiger partial charge in [-0.1, -0.05) is 12.1 Å². The van der Waals surface area contributed by atoms with Crippen LogP contribution in [0.3, 0.4) is 0 Å². The molecule has 0 heterocycles. The van der Waals surface area contributed by atoms with Crippen LogP contribution < -0.4 is 10.5 Å². The number of benzene rings is 2. The van der Waals surface area contributed by atoms with Crippen LogP contribution in [0.25, 0.3) is 0 Å². The molecule has 0 aromatic heterocycles. The number of hydrogen-bond acceptors (Lipinski definition) is 4. The second-order valence-electron chi connectivity index (χ2n) is 4.77. The quantitative estimate of drug-likeness (QED) is 0.839. The van der Waals surface area contributed by atoms with Gasteiger partial charge < -0.3 is 10.5 Å². The van der Waals surface area contributed by atoms with Gasteiger partial charge >= 0.3 is 0 Å². The average Bonchev–Trinajstić information content (AvgIpc) is 2.41. The summed E-state index contributed by atoms with van der Waals surface area (Å²) in [6.07, 6.45) is 0. The van der Waals surface area contributed by atoms with Crippen LogP contribution in [0.1, 0.15) is 11.1 Å². The highest BCUT2D eigenvalue weighted by molar-refractivity contribution is 9.10. The minimum Gasteiger partial charge on any atom is -0.496 e. The van der Waals surface area contributed by atoms with Crippen molar-refractivity contribution in [2.45, 2.75) is 17.6 Å². The molecule has 0 radical (unpaired) electrons. The van der Waals surface area contributed by atoms with Gasteiger partial charge in [0.15, 0.2) is 9.84 Å². The summed E-state index contributed by atoms with van der Waals surface area (Å²) in [6, 6.07) is 10.2. The lowest BCUT2D eigenvalue weighted by Crippen LogP contribution is -2.08. The van der Waals surface area contributed by atoms with Crippen molar-refractivity contribution in [2.75, 3.05) is 12.8 Å². The van der Waals surface area contributed by atoms with Crippen LogP contribution in [0.15, 0.2) is 45.8 Å². The molecule has 0 saturated carbocycles. The molecule has 2 N–H and O–H groups in total. The molecular formula is C15H16BrNO3S. The molecule has 2 aromatic rings. The molecular weight excluding hydrogens is 354 g/mol. The van der Waals surface area contributed by atoms with Gasteiger partial charge in [-0.05, 0) is 58.2 Å². The number of halogens is 1. The molecule has 21 heavy (non-hydrogen) atoms. The van der Waals surface area contributed by atoms with Crippen molar-refractivity contribution < 1.29 is 13.2 Å². The van der Waals surface area contributed by atoms with E-state index in [1.165, 1.54) is 0 Å². The van der Waals surface area contributed by atoms with E-state index in [0.29, 0.717) is 11.3 Å². The number of nitrogen functional groups attached to an aromatic ring is 1. The van der Waals surface area contributed by atoms with Crippen molar-refractivity contribution in [1.82, 2.24) is 0 Å². The zero-order chi connectivity index (χ0) is 15.6. The van der Waals surface area contributed by atoms with Crippen LogP contribution in [0.4, 0.5) is 5.69 Å². The van der Waals surface area contributed by atoms with E-state index in [2.05, 4.69) is 15.9 Å². The molecule has 0 unspecified atom stereocenters. The third-order valence-corrected chi connectivity index (χ3v) is 5.43. The maximum atomic E-state index is 12.5. The SMILES string of the molecule is COc1ccc(CS(=O)(=O)c2cc(C)ccc2N)cc1Br. The van der Waals surface area contributed by atoms with Gasteiger partial charge in [0.1, 0.15) is 5.75 Å². The smallest absolute Gasteiger partial charge is 0.184 e. The fourth-order valence-corrected chi connectivity index (χ4v) is 4.16. The number of hydrogen-bond donors (Lipinski definition) is 1. The van der Waals surface area contributed by atoms with Crippen LogP contribution in [-0.4, -0.2) is 15.5 Å². The van der Waals surface area contributed by atoms with Gasteiger partial charge in [-0.2, -0.15) is 0 Å². The first-order chi connectivity index (χ1) is 9.83. The summed E-state index contributed by atoms with van der Waals surface area (Å²) in [5, 5.41) is 0. The standard InChI is InChI=1S/C15H16BrNO3S/c1-10-3-5-13(17)15(7-10)21(18,19)9-11-4-6-14(20-2)12(16)8-11/h3-8H,9,17H2,1-2H3. The van der Waals surface area contributed by atoms with Crippen molar-refractivity contribution in [3.63, 3.8) is 0 Å². The van der Waals surface area contributed by atoms with Gasteiger partial charge in [0.2, 0.25) is 0 Å². The lowest BCUT2D eigenvalue weighted by Gasteiger charge is -2.10. The van der Waals surface area contributed by atoms with E-state index in [-0.39, 0.29) is 16.3 Å². The minimum absolute atomic E-state index is 0.108. The van der Waals surface area contributed by atoms with Crippen molar-refractivity contribution in [3.8, 4) is 5.75 Å². The van der Waals surface area contributed by atoms with Crippen molar-refractivity contribution >= 4 is 31.5 Å². The predicted molar refractivity (Wildman–Crippen MR) is 87.2 cm³/mol. The van der Waals surface area contributed by atoms with Crippen LogP contribution >= 0.6 is 15.9 Å². The maximum Gasteiger partial charge on any atom is 0.184 e. The third kappa shape index (κ3) is 3.57. The van der Waals surface area contributed by atoms with E-state index in [1.54, 1.807) is 43.5 Å². The first-order valence-corrected chi connectivity index (χ1v) is 8.69. The average molecular weight is 370 g/mol. The molecule has 0 atom stereocenters. The molecule has 112 valence electrons. The highest BCUT2D eigenvalue weighted by atomic mass is 79.9. The summed E-state index contributed by atoms with van der Waals surface area (Å²) in [6.45, 7) is 1.84. The van der Waals surface area contributed by atoms with Gasteiger partial charge in [0.05, 0.1) is 27.9 Å². The number of nitrogens with two attached hydrogens (primary N) is 1. The number of anilines is 1. The molecule has 0 aliphatic rings. The summed E-state index contributed by atoms with van der Waals surface area (Å²) in [5.74, 6) is 0.551. The van der Waals surface area contributed by atoms with Crippen LogP contribution in [0, 0.1) is 6.92 Å². The fourth-order valence-electron chi connectivity index (χ4n) is 2.01. The third-order valence-electron chi connectivity index (χ3n) is 3.08. The molecule has 6 heteroatoms. The van der Waals surface area contributed by atoms with Gasteiger partial charge in [-0.25, -0.2) is 8.42 Å². The highest BCUT2D eigenvalue weighted by Crippen LogP contribution is 2.28. The first-order valence-electron chi connectivity index (χ1n) is 6.25. The van der Waals surface area contributed by atoms with Gasteiger partial charge in [0, 0.05) is 0 Å². The second kappa shape index (κ2) is 6.07. The molecule has 0 saturated heterocycles. The Hall–Kier alpha value is -1.53. The lowest BCUT2D eigenvalue weighted by atomic mass is 10.2. The van der Waals surface area contributed by atoms with Crippen LogP contribution in [0.5, 0.6) is 5.75 Å². The topological polar surface area (TPSA) is 69.4 Å². The molecule has 0 spiro atoms. The Morgan fingerprint density at radius 1 is 1.19 bits per heavy atom. The largest absolute Gasteiger partial charge is 0.496 e. The molecule has 2 aromatic carbocycles. The first kappa shape index (κ1) is 15.9. The van der Waals surface area contributed by atoms with E-state index in [1.807, 2.05) is 6.92 Å². The summed E-state index contributed by atoms with van der Waals surface area (Å²) in [7, 11) is -1.93. The van der Waals surface area contributed by atoms with Gasteiger partial charge in [-0.15, -0.1) is 0 Å². The maximum absolute atomic E-state index is 12.5. The number of sulfone groups is 1. The van der Waals surface area contributed by atoms with Crippen molar-refractivity contribution in [3.05, 3.63) is 52.0 Å². The van der Waals surface area contributed by atoms with E-state index in [0.717, 1.165) is 10.0 Å². The number of rotatable bonds is 4. The Morgan fingerprint density at radius 3 is 2.52 bits per heavy atom. The van der Waals surface area contributed by atoms with E-state index in [9.17, 15) is 8.42 Å². The molecule has 0 aliphatic carbocycles. The Bertz CT molecular complexity index is 772. The molecule has 4 nitrogen and oxygen atoms in total. The number of ether oxygens (including phenoxy) is 1. The Labute approximate surface area is 133 Å². The molecule has 0 aliphatic heterocycles. The van der Waals surface area contributed by atoms with Gasteiger partial charge in [-0.3, -0.25) is 0 Å².